The Hall–Kier alpha value is -0.681. The predicted octanol–water partition coefficient (Wildman–Crippen LogP) is 1.97. The maximum atomic E-state index is 12.5. The van der Waals surface area contributed by atoms with Crippen molar-refractivity contribution in [1.29, 1.82) is 0 Å². The Morgan fingerprint density at radius 2 is 2.20 bits per heavy atom. The van der Waals surface area contributed by atoms with Gasteiger partial charge in [-0.15, -0.1) is 0 Å². The summed E-state index contributed by atoms with van der Waals surface area (Å²) < 4.78 is 10.7. The van der Waals surface area contributed by atoms with Gasteiger partial charge in [0.1, 0.15) is 0 Å². The number of ether oxygens (including phenoxy) is 2. The maximum absolute atomic E-state index is 12.5. The standard InChI is InChI=1S/C14H17NO3SSe/c1-17-11-7-4-3-6-10(11)15-13(16)12(18-2)14(15)19-8-5-9-20-14/h3-4,6-7,12H,5,8-9H2,1-2H3/t12-,14-/m1/s1. The van der Waals surface area contributed by atoms with E-state index in [0.29, 0.717) is 15.0 Å². The normalized spacial score (nSPS) is 29.4. The van der Waals surface area contributed by atoms with Gasteiger partial charge in [-0.3, -0.25) is 0 Å². The van der Waals surface area contributed by atoms with Crippen LogP contribution >= 0.6 is 11.8 Å². The summed E-state index contributed by atoms with van der Waals surface area (Å²) in [7, 11) is 3.28. The van der Waals surface area contributed by atoms with Gasteiger partial charge in [-0.25, -0.2) is 0 Å². The quantitative estimate of drug-likeness (QED) is 0.612. The van der Waals surface area contributed by atoms with E-state index in [0.717, 1.165) is 17.2 Å². The van der Waals surface area contributed by atoms with Crippen LogP contribution in [0.5, 0.6) is 5.75 Å². The van der Waals surface area contributed by atoms with Gasteiger partial charge in [0.25, 0.3) is 0 Å². The van der Waals surface area contributed by atoms with E-state index in [2.05, 4.69) is 0 Å². The van der Waals surface area contributed by atoms with Crippen molar-refractivity contribution < 1.29 is 14.3 Å². The number of para-hydroxylation sites is 2. The molecule has 4 nitrogen and oxygen atoms in total. The van der Waals surface area contributed by atoms with Crippen molar-refractivity contribution in [3.63, 3.8) is 0 Å². The molecular weight excluding hydrogens is 341 g/mol. The summed E-state index contributed by atoms with van der Waals surface area (Å²) in [6.45, 7) is 0. The van der Waals surface area contributed by atoms with E-state index in [1.165, 1.54) is 11.7 Å². The number of nitrogens with zero attached hydrogens (tertiary/aromatic N) is 1. The first-order valence-electron chi connectivity index (χ1n) is 6.52. The molecule has 2 heterocycles. The van der Waals surface area contributed by atoms with E-state index in [1.54, 1.807) is 14.2 Å². The number of hydrogen-bond donors (Lipinski definition) is 0. The van der Waals surface area contributed by atoms with Crippen molar-refractivity contribution in [1.82, 2.24) is 0 Å². The van der Waals surface area contributed by atoms with Gasteiger partial charge in [-0.1, -0.05) is 0 Å². The second-order valence-corrected chi connectivity index (χ2v) is 9.31. The van der Waals surface area contributed by atoms with Crippen LogP contribution in [0.4, 0.5) is 5.69 Å². The SMILES string of the molecule is COc1ccccc1N1C(=O)[C@@H](OC)[C@]12SCCC[Se]2. The van der Waals surface area contributed by atoms with Crippen LogP contribution in [0.15, 0.2) is 24.3 Å². The number of amides is 1. The average molecular weight is 358 g/mol. The summed E-state index contributed by atoms with van der Waals surface area (Å²) in [6, 6.07) is 7.72. The number of carbonyl (C=O) groups excluding carboxylic acids is 1. The van der Waals surface area contributed by atoms with Gasteiger partial charge in [0.15, 0.2) is 0 Å². The van der Waals surface area contributed by atoms with Crippen molar-refractivity contribution >= 4 is 38.3 Å². The molecule has 1 amide bonds. The summed E-state index contributed by atoms with van der Waals surface area (Å²) in [4.78, 5) is 14.4. The van der Waals surface area contributed by atoms with Crippen molar-refractivity contribution in [3.8, 4) is 5.75 Å². The first-order valence-corrected chi connectivity index (χ1v) is 9.58. The zero-order valence-electron chi connectivity index (χ0n) is 11.5. The Labute approximate surface area is 129 Å². The van der Waals surface area contributed by atoms with Crippen LogP contribution in [0.3, 0.4) is 0 Å². The van der Waals surface area contributed by atoms with E-state index in [-0.39, 0.29) is 15.8 Å². The van der Waals surface area contributed by atoms with Crippen LogP contribution in [-0.2, 0) is 9.53 Å². The fourth-order valence-corrected chi connectivity index (χ4v) is 8.49. The number of hydrogen-bond acceptors (Lipinski definition) is 4. The second kappa shape index (κ2) is 5.60. The average Bonchev–Trinajstić information content (AvgIpc) is 2.49. The van der Waals surface area contributed by atoms with Gasteiger partial charge in [0.05, 0.1) is 0 Å². The van der Waals surface area contributed by atoms with Crippen molar-refractivity contribution in [3.05, 3.63) is 24.3 Å². The van der Waals surface area contributed by atoms with E-state index < -0.39 is 0 Å². The number of benzene rings is 1. The van der Waals surface area contributed by atoms with Crippen LogP contribution in [0.2, 0.25) is 5.32 Å². The monoisotopic (exact) mass is 359 g/mol. The van der Waals surface area contributed by atoms with E-state index >= 15 is 0 Å². The molecule has 1 aromatic carbocycles. The summed E-state index contributed by atoms with van der Waals surface area (Å²) in [6.07, 6.45) is 0.925. The fourth-order valence-electron chi connectivity index (χ4n) is 2.65. The number of thioether (sulfide) groups is 1. The molecule has 0 N–H and O–H groups in total. The molecule has 1 aromatic rings. The number of anilines is 1. The third-order valence-corrected chi connectivity index (χ3v) is 8.95. The van der Waals surface area contributed by atoms with Crippen molar-refractivity contribution in [2.75, 3.05) is 24.9 Å². The van der Waals surface area contributed by atoms with Crippen molar-refractivity contribution in [2.24, 2.45) is 0 Å². The Kier molecular flexibility index (Phi) is 4.00. The van der Waals surface area contributed by atoms with Crippen LogP contribution < -0.4 is 9.64 Å². The van der Waals surface area contributed by atoms with Crippen molar-refractivity contribution in [2.45, 2.75) is 21.6 Å². The Morgan fingerprint density at radius 1 is 1.40 bits per heavy atom. The molecule has 0 aromatic heterocycles. The molecule has 6 heteroatoms. The predicted molar refractivity (Wildman–Crippen MR) is 81.6 cm³/mol. The van der Waals surface area contributed by atoms with Gasteiger partial charge in [-0.2, -0.15) is 0 Å². The number of carbonyl (C=O) groups is 1. The summed E-state index contributed by atoms with van der Waals surface area (Å²) in [5.41, 5.74) is 0.865. The molecule has 2 atom stereocenters. The summed E-state index contributed by atoms with van der Waals surface area (Å²) in [5, 5.41) is 1.19. The molecule has 2 aliphatic rings. The van der Waals surface area contributed by atoms with E-state index in [1.807, 2.05) is 40.9 Å². The van der Waals surface area contributed by atoms with Gasteiger partial charge in [0, 0.05) is 0 Å². The molecule has 2 fully saturated rings. The zero-order chi connectivity index (χ0) is 14.2. The van der Waals surface area contributed by atoms with Crippen LogP contribution in [-0.4, -0.2) is 50.7 Å². The molecule has 2 aliphatic heterocycles. The minimum atomic E-state index is -0.308. The molecule has 0 aliphatic carbocycles. The molecule has 0 radical (unpaired) electrons. The minimum absolute atomic E-state index is 0.0493. The van der Waals surface area contributed by atoms with E-state index in [4.69, 9.17) is 9.47 Å². The van der Waals surface area contributed by atoms with Crippen LogP contribution in [0.25, 0.3) is 0 Å². The van der Waals surface area contributed by atoms with Gasteiger partial charge in [-0.05, 0) is 0 Å². The Bertz CT molecular complexity index is 519. The number of β-lactam (4-membered cyclic amide) rings is 1. The van der Waals surface area contributed by atoms with Gasteiger partial charge in [0.2, 0.25) is 0 Å². The molecule has 0 bridgehead atoms. The zero-order valence-corrected chi connectivity index (χ0v) is 14.0. The summed E-state index contributed by atoms with van der Waals surface area (Å²) >= 11 is 2.22. The van der Waals surface area contributed by atoms with Crippen LogP contribution in [0, 0.1) is 0 Å². The topological polar surface area (TPSA) is 38.8 Å². The second-order valence-electron chi connectivity index (χ2n) is 4.64. The number of rotatable bonds is 3. The molecule has 0 unspecified atom stereocenters. The number of methoxy groups -OCH3 is 2. The molecular formula is C14H17NO3SSe. The Balaban J connectivity index is 2.01. The molecule has 1 spiro atoms. The fraction of sp³-hybridized carbons (Fsp3) is 0.500. The van der Waals surface area contributed by atoms with Gasteiger partial charge >= 0.3 is 129 Å². The van der Waals surface area contributed by atoms with Crippen LogP contribution in [0.1, 0.15) is 6.42 Å². The van der Waals surface area contributed by atoms with E-state index in [9.17, 15) is 4.79 Å². The Morgan fingerprint density at radius 3 is 2.85 bits per heavy atom. The first-order chi connectivity index (χ1) is 9.74. The third-order valence-electron chi connectivity index (χ3n) is 3.56. The summed E-state index contributed by atoms with van der Waals surface area (Å²) in [5.74, 6) is 1.88. The first kappa shape index (κ1) is 14.3. The molecule has 20 heavy (non-hydrogen) atoms. The molecule has 2 saturated heterocycles. The molecule has 108 valence electrons. The van der Waals surface area contributed by atoms with Gasteiger partial charge < -0.3 is 0 Å². The molecule has 3 rings (SSSR count). The molecule has 0 saturated carbocycles. The third kappa shape index (κ3) is 1.98.